The van der Waals surface area contributed by atoms with Crippen LogP contribution in [-0.2, 0) is 11.3 Å². The minimum Gasteiger partial charge on any atom is -0.374 e. The summed E-state index contributed by atoms with van der Waals surface area (Å²) in [5.41, 5.74) is 4.83. The molecule has 0 aliphatic carbocycles. The fourth-order valence-corrected chi connectivity index (χ4v) is 3.35. The number of morpholine rings is 1. The van der Waals surface area contributed by atoms with E-state index in [-0.39, 0.29) is 19.6 Å². The molecule has 1 atom stereocenters. The first-order valence-electron chi connectivity index (χ1n) is 9.61. The van der Waals surface area contributed by atoms with E-state index in [4.69, 9.17) is 9.72 Å². The molecule has 0 unspecified atom stereocenters. The third kappa shape index (κ3) is 5.42. The molecular weight excluding hydrogens is 384 g/mol. The first kappa shape index (κ1) is 21.4. The van der Waals surface area contributed by atoms with Gasteiger partial charge in [0.1, 0.15) is 5.52 Å². The number of anilines is 1. The highest BCUT2D eigenvalue weighted by molar-refractivity contribution is 7.59. The molecule has 1 aromatic carbocycles. The number of hydrogen-bond donors (Lipinski definition) is 2. The lowest BCUT2D eigenvalue weighted by Crippen LogP contribution is -2.42. The molecule has 1 aliphatic heterocycles. The third-order valence-electron chi connectivity index (χ3n) is 4.71. The molecule has 2 aromatic heterocycles. The molecule has 0 amide bonds. The quantitative estimate of drug-likeness (QED) is 0.643. The SMILES string of the molecule is CN(C)Cc1ccc(-c2cc3nccnc3c(NC[C@@H]3CNCCO3)n2)cc1.S. The standard InChI is InChI=1S/C21H26N6O.H2S/c1-27(2)14-15-3-5-16(6-4-15)18-11-19-20(24-8-7-23-19)21(26-18)25-13-17-12-22-9-10-28-17;/h3-8,11,17,22H,9-10,12-14H2,1-2H3,(H,25,26);1H2/t17-;/m0./s1. The molecule has 0 spiro atoms. The number of nitrogens with zero attached hydrogens (tertiary/aromatic N) is 4. The summed E-state index contributed by atoms with van der Waals surface area (Å²) in [4.78, 5) is 16.0. The second-order valence-corrected chi connectivity index (χ2v) is 7.29. The number of nitrogens with one attached hydrogen (secondary N) is 2. The van der Waals surface area contributed by atoms with Crippen LogP contribution in [0.2, 0.25) is 0 Å². The van der Waals surface area contributed by atoms with Gasteiger partial charge in [-0.05, 0) is 25.7 Å². The Morgan fingerprint density at radius 1 is 1.17 bits per heavy atom. The minimum absolute atomic E-state index is 0. The van der Waals surface area contributed by atoms with E-state index in [0.29, 0.717) is 6.54 Å². The zero-order valence-electron chi connectivity index (χ0n) is 16.9. The van der Waals surface area contributed by atoms with Gasteiger partial charge in [-0.1, -0.05) is 24.3 Å². The minimum atomic E-state index is 0. The Hall–Kier alpha value is -2.26. The molecule has 0 bridgehead atoms. The molecule has 1 aliphatic rings. The summed E-state index contributed by atoms with van der Waals surface area (Å²) in [5, 5.41) is 6.77. The summed E-state index contributed by atoms with van der Waals surface area (Å²) in [5.74, 6) is 0.743. The number of benzene rings is 1. The normalized spacial score (nSPS) is 16.6. The van der Waals surface area contributed by atoms with Crippen LogP contribution >= 0.6 is 13.5 Å². The Kier molecular flexibility index (Phi) is 7.38. The maximum absolute atomic E-state index is 5.78. The molecule has 3 heterocycles. The van der Waals surface area contributed by atoms with E-state index < -0.39 is 0 Å². The average molecular weight is 413 g/mol. The Balaban J connectivity index is 0.00000240. The van der Waals surface area contributed by atoms with Crippen molar-refractivity contribution in [3.05, 3.63) is 48.3 Å². The Morgan fingerprint density at radius 2 is 1.97 bits per heavy atom. The van der Waals surface area contributed by atoms with Crippen LogP contribution in [0.5, 0.6) is 0 Å². The van der Waals surface area contributed by atoms with Gasteiger partial charge in [0.05, 0.1) is 23.9 Å². The summed E-state index contributed by atoms with van der Waals surface area (Å²) in [7, 11) is 4.14. The molecule has 154 valence electrons. The van der Waals surface area contributed by atoms with Gasteiger partial charge in [-0.15, -0.1) is 0 Å². The van der Waals surface area contributed by atoms with Crippen molar-refractivity contribution in [2.45, 2.75) is 12.6 Å². The van der Waals surface area contributed by atoms with Crippen LogP contribution in [0, 0.1) is 0 Å². The summed E-state index contributed by atoms with van der Waals surface area (Å²) in [6.45, 7) is 4.07. The van der Waals surface area contributed by atoms with Crippen molar-refractivity contribution >= 4 is 30.3 Å². The lowest BCUT2D eigenvalue weighted by molar-refractivity contribution is 0.0372. The number of fused-ring (bicyclic) bond motifs is 1. The molecule has 1 saturated heterocycles. The highest BCUT2D eigenvalue weighted by atomic mass is 32.1. The fourth-order valence-electron chi connectivity index (χ4n) is 3.35. The van der Waals surface area contributed by atoms with Crippen molar-refractivity contribution in [1.29, 1.82) is 0 Å². The third-order valence-corrected chi connectivity index (χ3v) is 4.71. The molecule has 0 radical (unpaired) electrons. The van der Waals surface area contributed by atoms with E-state index in [0.717, 1.165) is 54.3 Å². The highest BCUT2D eigenvalue weighted by Crippen LogP contribution is 2.26. The molecular formula is C21H28N6OS. The van der Waals surface area contributed by atoms with Crippen LogP contribution in [-0.4, -0.2) is 66.3 Å². The maximum atomic E-state index is 5.78. The summed E-state index contributed by atoms with van der Waals surface area (Å²) < 4.78 is 5.78. The van der Waals surface area contributed by atoms with Crippen LogP contribution < -0.4 is 10.6 Å². The van der Waals surface area contributed by atoms with Gasteiger partial charge in [0.25, 0.3) is 0 Å². The molecule has 29 heavy (non-hydrogen) atoms. The predicted octanol–water partition coefficient (Wildman–Crippen LogP) is 2.27. The Bertz CT molecular complexity index is 928. The monoisotopic (exact) mass is 412 g/mol. The number of pyridine rings is 1. The van der Waals surface area contributed by atoms with E-state index in [1.807, 2.05) is 6.07 Å². The average Bonchev–Trinajstić information content (AvgIpc) is 2.73. The number of rotatable bonds is 6. The fraction of sp³-hybridized carbons (Fsp3) is 0.381. The van der Waals surface area contributed by atoms with Gasteiger partial charge >= 0.3 is 0 Å². The first-order valence-corrected chi connectivity index (χ1v) is 9.61. The first-order chi connectivity index (χ1) is 13.7. The van der Waals surface area contributed by atoms with Gasteiger partial charge in [-0.25, -0.2) is 9.97 Å². The van der Waals surface area contributed by atoms with Gasteiger partial charge in [0.15, 0.2) is 5.82 Å². The van der Waals surface area contributed by atoms with Gasteiger partial charge in [0.2, 0.25) is 0 Å². The zero-order valence-corrected chi connectivity index (χ0v) is 17.9. The molecule has 4 rings (SSSR count). The highest BCUT2D eigenvalue weighted by Gasteiger charge is 2.15. The Morgan fingerprint density at radius 3 is 2.69 bits per heavy atom. The maximum Gasteiger partial charge on any atom is 0.154 e. The van der Waals surface area contributed by atoms with Crippen molar-refractivity contribution in [2.75, 3.05) is 45.7 Å². The van der Waals surface area contributed by atoms with E-state index in [2.05, 4.69) is 63.9 Å². The van der Waals surface area contributed by atoms with Crippen LogP contribution in [0.25, 0.3) is 22.3 Å². The molecule has 1 fully saturated rings. The number of hydrogen-bond acceptors (Lipinski definition) is 7. The van der Waals surface area contributed by atoms with E-state index >= 15 is 0 Å². The van der Waals surface area contributed by atoms with Crippen molar-refractivity contribution in [3.63, 3.8) is 0 Å². The number of ether oxygens (including phenoxy) is 1. The van der Waals surface area contributed by atoms with E-state index in [9.17, 15) is 0 Å². The second kappa shape index (κ2) is 9.98. The Labute approximate surface area is 178 Å². The van der Waals surface area contributed by atoms with Gasteiger partial charge in [-0.2, -0.15) is 13.5 Å². The van der Waals surface area contributed by atoms with Crippen molar-refractivity contribution < 1.29 is 4.74 Å². The van der Waals surface area contributed by atoms with E-state index in [1.54, 1.807) is 12.4 Å². The molecule has 0 saturated carbocycles. The topological polar surface area (TPSA) is 75.2 Å². The van der Waals surface area contributed by atoms with Crippen molar-refractivity contribution in [2.24, 2.45) is 0 Å². The summed E-state index contributed by atoms with van der Waals surface area (Å²) in [6.07, 6.45) is 3.53. The summed E-state index contributed by atoms with van der Waals surface area (Å²) in [6, 6.07) is 10.5. The lowest BCUT2D eigenvalue weighted by atomic mass is 10.1. The van der Waals surface area contributed by atoms with Crippen LogP contribution in [0.4, 0.5) is 5.82 Å². The molecule has 2 N–H and O–H groups in total. The van der Waals surface area contributed by atoms with E-state index in [1.165, 1.54) is 5.56 Å². The lowest BCUT2D eigenvalue weighted by Gasteiger charge is -2.24. The molecule has 3 aromatic rings. The van der Waals surface area contributed by atoms with Gasteiger partial charge < -0.3 is 20.3 Å². The zero-order chi connectivity index (χ0) is 19.3. The molecule has 8 heteroatoms. The predicted molar refractivity (Wildman–Crippen MR) is 122 cm³/mol. The second-order valence-electron chi connectivity index (χ2n) is 7.29. The smallest absolute Gasteiger partial charge is 0.154 e. The van der Waals surface area contributed by atoms with Gasteiger partial charge in [-0.3, -0.25) is 4.98 Å². The van der Waals surface area contributed by atoms with Crippen molar-refractivity contribution in [3.8, 4) is 11.3 Å². The van der Waals surface area contributed by atoms with Crippen LogP contribution in [0.3, 0.4) is 0 Å². The number of aromatic nitrogens is 3. The largest absolute Gasteiger partial charge is 0.374 e. The summed E-state index contributed by atoms with van der Waals surface area (Å²) >= 11 is 0. The van der Waals surface area contributed by atoms with Crippen LogP contribution in [0.15, 0.2) is 42.7 Å². The van der Waals surface area contributed by atoms with Crippen LogP contribution in [0.1, 0.15) is 5.56 Å². The van der Waals surface area contributed by atoms with Gasteiger partial charge in [0, 0.05) is 44.1 Å². The van der Waals surface area contributed by atoms with Crippen molar-refractivity contribution in [1.82, 2.24) is 25.2 Å². The molecule has 7 nitrogen and oxygen atoms in total.